The van der Waals surface area contributed by atoms with Crippen LogP contribution in [0.15, 0.2) is 97.1 Å². The molecule has 4 aromatic carbocycles. The van der Waals surface area contributed by atoms with Crippen molar-refractivity contribution in [3.05, 3.63) is 114 Å². The Balaban J connectivity index is 1.71. The van der Waals surface area contributed by atoms with Crippen LogP contribution in [-0.2, 0) is 5.41 Å². The summed E-state index contributed by atoms with van der Waals surface area (Å²) in [6.45, 7) is 4.60. The average Bonchev–Trinajstić information content (AvgIpc) is 3.15. The van der Waals surface area contributed by atoms with Crippen LogP contribution in [0.1, 0.15) is 48.2 Å². The number of para-hydroxylation sites is 1. The van der Waals surface area contributed by atoms with E-state index in [2.05, 4.69) is 85.5 Å². The van der Waals surface area contributed by atoms with Gasteiger partial charge in [0.2, 0.25) is 0 Å². The topological polar surface area (TPSA) is 20.3 Å². The maximum absolute atomic E-state index is 11.2. The molecule has 4 aromatic rings. The molecule has 0 saturated heterocycles. The fraction of sp³-hybridized carbons (Fsp3) is 0.167. The van der Waals surface area contributed by atoms with Gasteiger partial charge in [-0.15, -0.1) is 0 Å². The van der Waals surface area contributed by atoms with Gasteiger partial charge in [0.15, 0.2) is 0 Å². The first-order chi connectivity index (χ1) is 15.7. The van der Waals surface area contributed by atoms with Gasteiger partial charge >= 0.3 is 0 Å². The van der Waals surface area contributed by atoms with Crippen molar-refractivity contribution in [1.82, 2.24) is 0 Å². The Morgan fingerprint density at radius 2 is 1.25 bits per heavy atom. The molecule has 1 aliphatic rings. The quantitative estimate of drug-likeness (QED) is 0.296. The fourth-order valence-corrected chi connectivity index (χ4v) is 5.32. The average molecular weight is 418 g/mol. The Bertz CT molecular complexity index is 1250. The lowest BCUT2D eigenvalue weighted by molar-refractivity contribution is 0.112. The molecule has 0 aromatic heterocycles. The second-order valence-electron chi connectivity index (χ2n) is 8.45. The van der Waals surface area contributed by atoms with E-state index in [1.807, 2.05) is 30.3 Å². The van der Waals surface area contributed by atoms with E-state index in [0.717, 1.165) is 36.2 Å². The highest BCUT2D eigenvalue weighted by atomic mass is 16.1. The summed E-state index contributed by atoms with van der Waals surface area (Å²) in [6, 6.07) is 34.0. The molecule has 0 bridgehead atoms. The maximum Gasteiger partial charge on any atom is 0.150 e. The van der Waals surface area contributed by atoms with Gasteiger partial charge in [-0.2, -0.15) is 0 Å². The van der Waals surface area contributed by atoms with Crippen LogP contribution in [0.25, 0.3) is 11.1 Å². The van der Waals surface area contributed by atoms with Crippen molar-refractivity contribution in [3.63, 3.8) is 0 Å². The lowest BCUT2D eigenvalue weighted by atomic mass is 9.74. The summed E-state index contributed by atoms with van der Waals surface area (Å²) in [6.07, 6.45) is 3.02. The van der Waals surface area contributed by atoms with Crippen molar-refractivity contribution < 1.29 is 4.79 Å². The summed E-state index contributed by atoms with van der Waals surface area (Å²) in [5.41, 5.74) is 9.54. The van der Waals surface area contributed by atoms with Crippen LogP contribution in [-0.4, -0.2) is 6.29 Å². The zero-order valence-corrected chi connectivity index (χ0v) is 18.6. The van der Waals surface area contributed by atoms with Crippen molar-refractivity contribution in [2.24, 2.45) is 0 Å². The number of hydrogen-bond acceptors (Lipinski definition) is 2. The van der Waals surface area contributed by atoms with Gasteiger partial charge in [-0.25, -0.2) is 0 Å². The monoisotopic (exact) mass is 417 g/mol. The van der Waals surface area contributed by atoms with E-state index >= 15 is 0 Å². The molecule has 0 radical (unpaired) electrons. The molecule has 0 atom stereocenters. The predicted octanol–water partition coefficient (Wildman–Crippen LogP) is 8.06. The van der Waals surface area contributed by atoms with Crippen molar-refractivity contribution >= 4 is 23.3 Å². The normalized spacial score (nSPS) is 13.3. The molecule has 0 fully saturated rings. The smallest absolute Gasteiger partial charge is 0.150 e. The number of carbonyl (C=O) groups excluding carboxylic acids is 1. The van der Waals surface area contributed by atoms with Gasteiger partial charge in [-0.1, -0.05) is 62.4 Å². The van der Waals surface area contributed by atoms with E-state index in [1.54, 1.807) is 0 Å². The number of hydrogen-bond donors (Lipinski definition) is 0. The number of aldehydes is 1. The second-order valence-corrected chi connectivity index (χ2v) is 8.45. The zero-order valence-electron chi connectivity index (χ0n) is 18.6. The summed E-state index contributed by atoms with van der Waals surface area (Å²) < 4.78 is 0. The first-order valence-corrected chi connectivity index (χ1v) is 11.4. The Morgan fingerprint density at radius 3 is 1.94 bits per heavy atom. The number of rotatable bonds is 6. The molecule has 0 saturated carbocycles. The molecule has 0 amide bonds. The standard InChI is InChI=1S/C30H27NO/c1-3-30(4-2)28-13-9-8-12-26(28)27-19-18-25(20-29(27)30)31(23-10-6-5-7-11-23)24-16-14-22(21-32)15-17-24/h5-21H,3-4H2,1-2H3. The highest BCUT2D eigenvalue weighted by Gasteiger charge is 2.40. The molecule has 32 heavy (non-hydrogen) atoms. The molecule has 2 nitrogen and oxygen atoms in total. The van der Waals surface area contributed by atoms with Gasteiger partial charge in [0.1, 0.15) is 6.29 Å². The molecule has 0 N–H and O–H groups in total. The summed E-state index contributed by atoms with van der Waals surface area (Å²) in [5.74, 6) is 0. The van der Waals surface area contributed by atoms with Gasteiger partial charge in [0, 0.05) is 28.0 Å². The van der Waals surface area contributed by atoms with E-state index < -0.39 is 0 Å². The van der Waals surface area contributed by atoms with Crippen LogP contribution >= 0.6 is 0 Å². The fourth-order valence-electron chi connectivity index (χ4n) is 5.32. The van der Waals surface area contributed by atoms with Crippen LogP contribution in [0.5, 0.6) is 0 Å². The van der Waals surface area contributed by atoms with Crippen LogP contribution in [0.3, 0.4) is 0 Å². The van der Waals surface area contributed by atoms with E-state index in [-0.39, 0.29) is 5.41 Å². The lowest BCUT2D eigenvalue weighted by Crippen LogP contribution is -2.23. The Labute approximate surface area is 190 Å². The minimum absolute atomic E-state index is 0.0334. The number of anilines is 3. The number of fused-ring (bicyclic) bond motifs is 3. The SMILES string of the molecule is CCC1(CC)c2ccccc2-c2ccc(N(c3ccccc3)c3ccc(C=O)cc3)cc21. The van der Waals surface area contributed by atoms with Gasteiger partial charge in [-0.3, -0.25) is 4.79 Å². The number of benzene rings is 4. The molecule has 1 aliphatic carbocycles. The number of carbonyl (C=O) groups is 1. The van der Waals surface area contributed by atoms with Crippen LogP contribution < -0.4 is 4.90 Å². The highest BCUT2D eigenvalue weighted by Crippen LogP contribution is 2.54. The lowest BCUT2D eigenvalue weighted by Gasteiger charge is -2.31. The third-order valence-electron chi connectivity index (χ3n) is 7.02. The second kappa shape index (κ2) is 8.12. The highest BCUT2D eigenvalue weighted by molar-refractivity contribution is 5.86. The van der Waals surface area contributed by atoms with Gasteiger partial charge in [0.05, 0.1) is 0 Å². The van der Waals surface area contributed by atoms with Crippen LogP contribution in [0.4, 0.5) is 17.1 Å². The molecule has 5 rings (SSSR count). The summed E-state index contributed by atoms with van der Waals surface area (Å²) >= 11 is 0. The van der Waals surface area contributed by atoms with Gasteiger partial charge < -0.3 is 4.90 Å². The maximum atomic E-state index is 11.2. The minimum atomic E-state index is 0.0334. The van der Waals surface area contributed by atoms with Crippen molar-refractivity contribution in [3.8, 4) is 11.1 Å². The molecular weight excluding hydrogens is 390 g/mol. The van der Waals surface area contributed by atoms with E-state index in [9.17, 15) is 4.79 Å². The van der Waals surface area contributed by atoms with Crippen molar-refractivity contribution in [2.75, 3.05) is 4.90 Å². The first-order valence-electron chi connectivity index (χ1n) is 11.4. The summed E-state index contributed by atoms with van der Waals surface area (Å²) in [7, 11) is 0. The molecule has 0 aliphatic heterocycles. The van der Waals surface area contributed by atoms with Crippen molar-refractivity contribution in [2.45, 2.75) is 32.1 Å². The largest absolute Gasteiger partial charge is 0.310 e. The Kier molecular flexibility index (Phi) is 5.14. The van der Waals surface area contributed by atoms with Crippen LogP contribution in [0, 0.1) is 0 Å². The molecular formula is C30H27NO. The first kappa shape index (κ1) is 20.3. The third-order valence-corrected chi connectivity index (χ3v) is 7.02. The van der Waals surface area contributed by atoms with E-state index in [1.165, 1.54) is 22.3 Å². The molecule has 2 heteroatoms. The molecule has 0 unspecified atom stereocenters. The Hall–Kier alpha value is -3.65. The van der Waals surface area contributed by atoms with Crippen LogP contribution in [0.2, 0.25) is 0 Å². The van der Waals surface area contributed by atoms with Gasteiger partial charge in [-0.05, 0) is 83.6 Å². The minimum Gasteiger partial charge on any atom is -0.310 e. The summed E-state index contributed by atoms with van der Waals surface area (Å²) in [5, 5.41) is 0. The molecule has 0 spiro atoms. The molecule has 158 valence electrons. The third kappa shape index (κ3) is 3.06. The molecule has 0 heterocycles. The number of nitrogens with zero attached hydrogens (tertiary/aromatic N) is 1. The zero-order chi connectivity index (χ0) is 22.1. The Morgan fingerprint density at radius 1 is 0.656 bits per heavy atom. The van der Waals surface area contributed by atoms with Gasteiger partial charge in [0.25, 0.3) is 0 Å². The van der Waals surface area contributed by atoms with E-state index in [4.69, 9.17) is 0 Å². The summed E-state index contributed by atoms with van der Waals surface area (Å²) in [4.78, 5) is 13.5. The predicted molar refractivity (Wildman–Crippen MR) is 133 cm³/mol. The van der Waals surface area contributed by atoms with Crippen molar-refractivity contribution in [1.29, 1.82) is 0 Å². The van der Waals surface area contributed by atoms with E-state index in [0.29, 0.717) is 5.56 Å².